The van der Waals surface area contributed by atoms with Gasteiger partial charge in [-0.3, -0.25) is 9.48 Å². The molecule has 3 rings (SSSR count). The Kier molecular flexibility index (Phi) is 2.40. The molecular formula is C13H14N4O. The lowest BCUT2D eigenvalue weighted by Gasteiger charge is -2.15. The van der Waals surface area contributed by atoms with Gasteiger partial charge in [0, 0.05) is 19.3 Å². The first-order valence-corrected chi connectivity index (χ1v) is 5.92. The normalized spacial score (nSPS) is 13.8. The molecule has 0 fully saturated rings. The summed E-state index contributed by atoms with van der Waals surface area (Å²) in [7, 11) is 1.76. The first-order chi connectivity index (χ1) is 8.65. The van der Waals surface area contributed by atoms with Crippen molar-refractivity contribution < 1.29 is 4.79 Å². The zero-order valence-electron chi connectivity index (χ0n) is 10.4. The van der Waals surface area contributed by atoms with Crippen LogP contribution in [0.15, 0.2) is 24.5 Å². The summed E-state index contributed by atoms with van der Waals surface area (Å²) in [6, 6.07) is 6.16. The summed E-state index contributed by atoms with van der Waals surface area (Å²) in [5.74, 6) is 0.129. The van der Waals surface area contributed by atoms with E-state index < -0.39 is 0 Å². The van der Waals surface area contributed by atoms with Gasteiger partial charge in [-0.1, -0.05) is 17.7 Å². The second kappa shape index (κ2) is 3.94. The van der Waals surface area contributed by atoms with Crippen LogP contribution < -0.4 is 4.90 Å². The summed E-state index contributed by atoms with van der Waals surface area (Å²) in [4.78, 5) is 18.1. The second-order valence-corrected chi connectivity index (χ2v) is 4.58. The van der Waals surface area contributed by atoms with Gasteiger partial charge >= 0.3 is 0 Å². The minimum atomic E-state index is -0.127. The first-order valence-electron chi connectivity index (χ1n) is 5.92. The lowest BCUT2D eigenvalue weighted by molar-refractivity contribution is 0.0979. The van der Waals surface area contributed by atoms with Crippen molar-refractivity contribution in [3.05, 3.63) is 41.5 Å². The highest BCUT2D eigenvalue weighted by molar-refractivity contribution is 6.04. The molecule has 0 aliphatic carbocycles. The third kappa shape index (κ3) is 1.68. The minimum absolute atomic E-state index is 0.127. The van der Waals surface area contributed by atoms with Crippen molar-refractivity contribution in [2.45, 2.75) is 13.3 Å². The number of aromatic nitrogens is 3. The first kappa shape index (κ1) is 11.0. The molecule has 1 aromatic carbocycles. The number of carbonyl (C=O) groups is 1. The summed E-state index contributed by atoms with van der Waals surface area (Å²) < 4.78 is 1.54. The van der Waals surface area contributed by atoms with E-state index in [2.05, 4.69) is 23.1 Å². The van der Waals surface area contributed by atoms with E-state index in [4.69, 9.17) is 0 Å². The predicted octanol–water partition coefficient (Wildman–Crippen LogP) is 1.33. The minimum Gasteiger partial charge on any atom is -0.305 e. The van der Waals surface area contributed by atoms with Crippen LogP contribution in [-0.2, 0) is 13.5 Å². The number of benzene rings is 1. The number of aryl methyl sites for hydroxylation is 2. The predicted molar refractivity (Wildman–Crippen MR) is 67.6 cm³/mol. The van der Waals surface area contributed by atoms with Gasteiger partial charge < -0.3 is 4.90 Å². The van der Waals surface area contributed by atoms with Gasteiger partial charge in [0.15, 0.2) is 0 Å². The maximum absolute atomic E-state index is 12.3. The topological polar surface area (TPSA) is 51.0 Å². The lowest BCUT2D eigenvalue weighted by atomic mass is 10.1. The summed E-state index contributed by atoms with van der Waals surface area (Å²) in [5, 5.41) is 4.06. The van der Waals surface area contributed by atoms with E-state index >= 15 is 0 Å². The third-order valence-electron chi connectivity index (χ3n) is 3.17. The maximum atomic E-state index is 12.3. The second-order valence-electron chi connectivity index (χ2n) is 4.58. The van der Waals surface area contributed by atoms with E-state index in [1.807, 2.05) is 12.1 Å². The molecule has 0 unspecified atom stereocenters. The van der Waals surface area contributed by atoms with E-state index in [0.29, 0.717) is 6.54 Å². The van der Waals surface area contributed by atoms with Gasteiger partial charge in [0.2, 0.25) is 5.82 Å². The fourth-order valence-electron chi connectivity index (χ4n) is 2.30. The highest BCUT2D eigenvalue weighted by Gasteiger charge is 2.27. The molecule has 92 valence electrons. The van der Waals surface area contributed by atoms with Gasteiger partial charge in [0.05, 0.1) is 0 Å². The molecular weight excluding hydrogens is 228 g/mol. The highest BCUT2D eigenvalue weighted by atomic mass is 16.2. The fourth-order valence-corrected chi connectivity index (χ4v) is 2.30. The molecule has 0 saturated carbocycles. The summed E-state index contributed by atoms with van der Waals surface area (Å²) in [6.07, 6.45) is 2.44. The van der Waals surface area contributed by atoms with Crippen LogP contribution in [0.2, 0.25) is 0 Å². The molecule has 5 nitrogen and oxygen atoms in total. The van der Waals surface area contributed by atoms with Crippen LogP contribution in [0.4, 0.5) is 5.69 Å². The Hall–Kier alpha value is -2.17. The molecule has 0 N–H and O–H groups in total. The maximum Gasteiger partial charge on any atom is 0.297 e. The number of amides is 1. The molecule has 1 aromatic heterocycles. The molecule has 18 heavy (non-hydrogen) atoms. The molecule has 0 bridgehead atoms. The molecule has 0 atom stereocenters. The molecule has 0 spiro atoms. The van der Waals surface area contributed by atoms with Crippen molar-refractivity contribution in [1.82, 2.24) is 14.8 Å². The Morgan fingerprint density at radius 3 is 2.94 bits per heavy atom. The van der Waals surface area contributed by atoms with Crippen LogP contribution in [0.25, 0.3) is 0 Å². The van der Waals surface area contributed by atoms with Crippen molar-refractivity contribution in [3.8, 4) is 0 Å². The number of hydrogen-bond donors (Lipinski definition) is 0. The standard InChI is InChI=1S/C13H14N4O/c1-9-3-4-11-10(7-9)5-6-17(11)13(18)12-14-8-16(2)15-12/h3-4,7-8H,5-6H2,1-2H3. The Bertz CT molecular complexity index is 617. The van der Waals surface area contributed by atoms with Crippen molar-refractivity contribution >= 4 is 11.6 Å². The van der Waals surface area contributed by atoms with Gasteiger partial charge in [-0.15, -0.1) is 5.10 Å². The van der Waals surface area contributed by atoms with E-state index in [0.717, 1.165) is 12.1 Å². The number of rotatable bonds is 1. The molecule has 1 amide bonds. The van der Waals surface area contributed by atoms with E-state index in [1.165, 1.54) is 11.1 Å². The monoisotopic (exact) mass is 242 g/mol. The summed E-state index contributed by atoms with van der Waals surface area (Å²) in [6.45, 7) is 2.76. The lowest BCUT2D eigenvalue weighted by Crippen LogP contribution is -2.29. The van der Waals surface area contributed by atoms with Gasteiger partial charge in [-0.25, -0.2) is 4.98 Å². The number of hydrogen-bond acceptors (Lipinski definition) is 3. The third-order valence-corrected chi connectivity index (χ3v) is 3.17. The zero-order chi connectivity index (χ0) is 12.7. The average molecular weight is 242 g/mol. The molecule has 2 heterocycles. The van der Waals surface area contributed by atoms with Gasteiger partial charge in [0.1, 0.15) is 6.33 Å². The Morgan fingerprint density at radius 1 is 1.39 bits per heavy atom. The Balaban J connectivity index is 1.95. The summed E-state index contributed by atoms with van der Waals surface area (Å²) >= 11 is 0. The Labute approximate surface area is 105 Å². The van der Waals surface area contributed by atoms with Crippen molar-refractivity contribution in [1.29, 1.82) is 0 Å². The zero-order valence-corrected chi connectivity index (χ0v) is 10.4. The molecule has 5 heteroatoms. The average Bonchev–Trinajstić information content (AvgIpc) is 2.94. The number of fused-ring (bicyclic) bond motifs is 1. The van der Waals surface area contributed by atoms with Gasteiger partial charge in [0.25, 0.3) is 5.91 Å². The van der Waals surface area contributed by atoms with E-state index in [-0.39, 0.29) is 11.7 Å². The van der Waals surface area contributed by atoms with Crippen LogP contribution >= 0.6 is 0 Å². The van der Waals surface area contributed by atoms with Gasteiger partial charge in [-0.05, 0) is 25.0 Å². The SMILES string of the molecule is Cc1ccc2c(c1)CCN2C(=O)c1ncn(C)n1. The van der Waals surface area contributed by atoms with Crippen LogP contribution in [0.3, 0.4) is 0 Å². The molecule has 1 aliphatic heterocycles. The van der Waals surface area contributed by atoms with Crippen LogP contribution in [-0.4, -0.2) is 27.2 Å². The molecule has 1 aliphatic rings. The number of anilines is 1. The fraction of sp³-hybridized carbons (Fsp3) is 0.308. The molecule has 2 aromatic rings. The van der Waals surface area contributed by atoms with Crippen LogP contribution in [0.1, 0.15) is 21.7 Å². The van der Waals surface area contributed by atoms with Crippen molar-refractivity contribution in [2.75, 3.05) is 11.4 Å². The molecule has 0 radical (unpaired) electrons. The highest BCUT2D eigenvalue weighted by Crippen LogP contribution is 2.29. The largest absolute Gasteiger partial charge is 0.305 e. The van der Waals surface area contributed by atoms with Crippen molar-refractivity contribution in [2.24, 2.45) is 7.05 Å². The summed E-state index contributed by atoms with van der Waals surface area (Å²) in [5.41, 5.74) is 3.43. The van der Waals surface area contributed by atoms with E-state index in [1.54, 1.807) is 23.0 Å². The van der Waals surface area contributed by atoms with Crippen molar-refractivity contribution in [3.63, 3.8) is 0 Å². The van der Waals surface area contributed by atoms with Gasteiger partial charge in [-0.2, -0.15) is 0 Å². The smallest absolute Gasteiger partial charge is 0.297 e. The van der Waals surface area contributed by atoms with E-state index in [9.17, 15) is 4.79 Å². The van der Waals surface area contributed by atoms with Crippen LogP contribution in [0.5, 0.6) is 0 Å². The Morgan fingerprint density at radius 2 is 2.22 bits per heavy atom. The number of nitrogens with zero attached hydrogens (tertiary/aromatic N) is 4. The quantitative estimate of drug-likeness (QED) is 0.758. The van der Waals surface area contributed by atoms with Crippen LogP contribution in [0, 0.1) is 6.92 Å². The number of carbonyl (C=O) groups excluding carboxylic acids is 1. The molecule has 0 saturated heterocycles.